The molecule has 0 spiro atoms. The second-order valence-corrected chi connectivity index (χ2v) is 5.74. The fourth-order valence-corrected chi connectivity index (χ4v) is 2.17. The minimum Gasteiger partial charge on any atom is -0.490 e. The van der Waals surface area contributed by atoms with E-state index in [9.17, 15) is 4.79 Å². The molecule has 2 N–H and O–H groups in total. The van der Waals surface area contributed by atoms with E-state index in [0.29, 0.717) is 19.0 Å². The van der Waals surface area contributed by atoms with E-state index in [-0.39, 0.29) is 18.5 Å². The fraction of sp³-hybridized carbons (Fsp3) is 0.350. The topological polar surface area (TPSA) is 59.6 Å². The largest absolute Gasteiger partial charge is 0.490 e. The molecule has 0 saturated carbocycles. The van der Waals surface area contributed by atoms with Crippen LogP contribution in [0.15, 0.2) is 54.6 Å². The molecule has 1 amide bonds. The van der Waals surface area contributed by atoms with Crippen molar-refractivity contribution in [1.82, 2.24) is 5.32 Å². The number of nitrogens with one attached hydrogen (secondary N) is 2. The quantitative estimate of drug-likeness (QED) is 0.649. The number of para-hydroxylation sites is 3. The molecular weight excluding hydrogens is 316 g/mol. The Hall–Kier alpha value is -2.69. The molecular formula is C20H26N2O3. The number of hydrogen-bond acceptors (Lipinski definition) is 4. The monoisotopic (exact) mass is 342 g/mol. The number of carbonyl (C=O) groups is 1. The number of hydrogen-bond donors (Lipinski definition) is 2. The summed E-state index contributed by atoms with van der Waals surface area (Å²) in [5.41, 5.74) is 0.793. The zero-order valence-corrected chi connectivity index (χ0v) is 14.8. The lowest BCUT2D eigenvalue weighted by Gasteiger charge is -2.15. The third kappa shape index (κ3) is 6.75. The second kappa shape index (κ2) is 10.2. The lowest BCUT2D eigenvalue weighted by molar-refractivity contribution is -0.120. The first-order chi connectivity index (χ1) is 12.2. The number of anilines is 1. The highest BCUT2D eigenvalue weighted by atomic mass is 16.5. The molecule has 2 aromatic carbocycles. The standard InChI is InChI=1S/C20H26N2O3/c1-3-16(2)22-20(23)15-21-18-11-7-8-12-19(18)25-14-13-24-17-9-5-4-6-10-17/h4-12,16,21H,3,13-15H2,1-2H3,(H,22,23). The first-order valence-corrected chi connectivity index (χ1v) is 8.62. The molecule has 1 unspecified atom stereocenters. The Balaban J connectivity index is 1.78. The van der Waals surface area contributed by atoms with Gasteiger partial charge in [0.05, 0.1) is 12.2 Å². The maximum Gasteiger partial charge on any atom is 0.239 e. The van der Waals surface area contributed by atoms with Crippen molar-refractivity contribution in [3.63, 3.8) is 0 Å². The van der Waals surface area contributed by atoms with Gasteiger partial charge in [-0.25, -0.2) is 0 Å². The summed E-state index contributed by atoms with van der Waals surface area (Å²) in [6.07, 6.45) is 0.910. The molecule has 1 atom stereocenters. The maximum absolute atomic E-state index is 11.9. The molecule has 0 aromatic heterocycles. The zero-order chi connectivity index (χ0) is 17.9. The molecule has 5 heteroatoms. The first kappa shape index (κ1) is 18.6. The van der Waals surface area contributed by atoms with Crippen LogP contribution in [0.5, 0.6) is 11.5 Å². The Labute approximate surface area is 149 Å². The smallest absolute Gasteiger partial charge is 0.239 e. The Bertz CT molecular complexity index is 646. The first-order valence-electron chi connectivity index (χ1n) is 8.62. The molecule has 2 rings (SSSR count). The van der Waals surface area contributed by atoms with Gasteiger partial charge in [-0.1, -0.05) is 37.3 Å². The highest BCUT2D eigenvalue weighted by molar-refractivity contribution is 5.81. The van der Waals surface area contributed by atoms with E-state index in [0.717, 1.165) is 17.9 Å². The molecule has 25 heavy (non-hydrogen) atoms. The lowest BCUT2D eigenvalue weighted by atomic mass is 10.2. The molecule has 0 bridgehead atoms. The fourth-order valence-electron chi connectivity index (χ4n) is 2.17. The van der Waals surface area contributed by atoms with Crippen molar-refractivity contribution in [3.8, 4) is 11.5 Å². The predicted octanol–water partition coefficient (Wildman–Crippen LogP) is 3.47. The van der Waals surface area contributed by atoms with Crippen molar-refractivity contribution >= 4 is 11.6 Å². The SMILES string of the molecule is CCC(C)NC(=O)CNc1ccccc1OCCOc1ccccc1. The van der Waals surface area contributed by atoms with Gasteiger partial charge in [0.25, 0.3) is 0 Å². The Morgan fingerprint density at radius 2 is 1.68 bits per heavy atom. The molecule has 0 aliphatic heterocycles. The minimum absolute atomic E-state index is 0.0310. The summed E-state index contributed by atoms with van der Waals surface area (Å²) in [4.78, 5) is 11.9. The second-order valence-electron chi connectivity index (χ2n) is 5.74. The van der Waals surface area contributed by atoms with Crippen molar-refractivity contribution < 1.29 is 14.3 Å². The Morgan fingerprint density at radius 3 is 2.44 bits per heavy atom. The van der Waals surface area contributed by atoms with Gasteiger partial charge >= 0.3 is 0 Å². The van der Waals surface area contributed by atoms with Gasteiger partial charge in [-0.3, -0.25) is 4.79 Å². The molecule has 0 aliphatic carbocycles. The zero-order valence-electron chi connectivity index (χ0n) is 14.8. The summed E-state index contributed by atoms with van der Waals surface area (Å²) >= 11 is 0. The molecule has 0 radical (unpaired) electrons. The molecule has 134 valence electrons. The van der Waals surface area contributed by atoms with Crippen molar-refractivity contribution in [2.75, 3.05) is 25.1 Å². The Morgan fingerprint density at radius 1 is 1.00 bits per heavy atom. The van der Waals surface area contributed by atoms with Gasteiger partial charge in [-0.05, 0) is 37.6 Å². The van der Waals surface area contributed by atoms with Gasteiger partial charge < -0.3 is 20.1 Å². The van der Waals surface area contributed by atoms with Crippen molar-refractivity contribution in [3.05, 3.63) is 54.6 Å². The number of benzene rings is 2. The van der Waals surface area contributed by atoms with E-state index in [2.05, 4.69) is 10.6 Å². The van der Waals surface area contributed by atoms with Crippen LogP contribution < -0.4 is 20.1 Å². The summed E-state index contributed by atoms with van der Waals surface area (Å²) in [5, 5.41) is 6.05. The van der Waals surface area contributed by atoms with Crippen LogP contribution in [-0.2, 0) is 4.79 Å². The average Bonchev–Trinajstić information content (AvgIpc) is 2.65. The van der Waals surface area contributed by atoms with Crippen LogP contribution in [-0.4, -0.2) is 31.7 Å². The normalized spacial score (nSPS) is 11.4. The third-order valence-corrected chi connectivity index (χ3v) is 3.70. The maximum atomic E-state index is 11.9. The summed E-state index contributed by atoms with van der Waals surface area (Å²) in [6.45, 7) is 5.12. The van der Waals surface area contributed by atoms with Gasteiger partial charge in [-0.15, -0.1) is 0 Å². The van der Waals surface area contributed by atoms with Gasteiger partial charge in [0.15, 0.2) is 0 Å². The van der Waals surface area contributed by atoms with Crippen molar-refractivity contribution in [2.24, 2.45) is 0 Å². The van der Waals surface area contributed by atoms with Crippen LogP contribution in [0.1, 0.15) is 20.3 Å². The van der Waals surface area contributed by atoms with Gasteiger partial charge in [-0.2, -0.15) is 0 Å². The molecule has 0 heterocycles. The molecule has 0 fully saturated rings. The Kier molecular flexibility index (Phi) is 7.63. The van der Waals surface area contributed by atoms with Crippen LogP contribution in [0.3, 0.4) is 0 Å². The average molecular weight is 342 g/mol. The highest BCUT2D eigenvalue weighted by Crippen LogP contribution is 2.23. The van der Waals surface area contributed by atoms with Crippen molar-refractivity contribution in [2.45, 2.75) is 26.3 Å². The van der Waals surface area contributed by atoms with Crippen LogP contribution in [0.2, 0.25) is 0 Å². The van der Waals surface area contributed by atoms with Gasteiger partial charge in [0.2, 0.25) is 5.91 Å². The third-order valence-electron chi connectivity index (χ3n) is 3.70. The minimum atomic E-state index is -0.0310. The number of carbonyl (C=O) groups excluding carboxylic acids is 1. The van der Waals surface area contributed by atoms with E-state index < -0.39 is 0 Å². The van der Waals surface area contributed by atoms with E-state index in [4.69, 9.17) is 9.47 Å². The van der Waals surface area contributed by atoms with Crippen LogP contribution in [0, 0.1) is 0 Å². The summed E-state index contributed by atoms with van der Waals surface area (Å²) in [6, 6.07) is 17.4. The number of amides is 1. The molecule has 2 aromatic rings. The van der Waals surface area contributed by atoms with Crippen molar-refractivity contribution in [1.29, 1.82) is 0 Å². The summed E-state index contributed by atoms with van der Waals surface area (Å²) < 4.78 is 11.4. The predicted molar refractivity (Wildman–Crippen MR) is 100 cm³/mol. The molecule has 0 saturated heterocycles. The lowest BCUT2D eigenvalue weighted by Crippen LogP contribution is -2.36. The number of ether oxygens (including phenoxy) is 2. The molecule has 5 nitrogen and oxygen atoms in total. The van der Waals surface area contributed by atoms with Crippen LogP contribution in [0.4, 0.5) is 5.69 Å². The van der Waals surface area contributed by atoms with E-state index in [1.54, 1.807) is 0 Å². The van der Waals surface area contributed by atoms with E-state index in [1.165, 1.54) is 0 Å². The van der Waals surface area contributed by atoms with E-state index in [1.807, 2.05) is 68.4 Å². The van der Waals surface area contributed by atoms with Crippen LogP contribution in [0.25, 0.3) is 0 Å². The number of rotatable bonds is 10. The van der Waals surface area contributed by atoms with Crippen LogP contribution >= 0.6 is 0 Å². The summed E-state index contributed by atoms with van der Waals surface area (Å²) in [7, 11) is 0. The molecule has 0 aliphatic rings. The highest BCUT2D eigenvalue weighted by Gasteiger charge is 2.07. The van der Waals surface area contributed by atoms with Gasteiger partial charge in [0, 0.05) is 6.04 Å². The van der Waals surface area contributed by atoms with E-state index >= 15 is 0 Å². The van der Waals surface area contributed by atoms with Gasteiger partial charge in [0.1, 0.15) is 24.7 Å². The summed E-state index contributed by atoms with van der Waals surface area (Å²) in [5.74, 6) is 1.49.